The summed E-state index contributed by atoms with van der Waals surface area (Å²) in [5, 5.41) is 0. The van der Waals surface area contributed by atoms with Crippen LogP contribution in [0.2, 0.25) is 0 Å². The van der Waals surface area contributed by atoms with Crippen molar-refractivity contribution < 1.29 is 13.2 Å². The van der Waals surface area contributed by atoms with Crippen LogP contribution in [0.25, 0.3) is 0 Å². The topological polar surface area (TPSA) is 81.4 Å². The van der Waals surface area contributed by atoms with Crippen LogP contribution in [0.1, 0.15) is 13.8 Å². The zero-order valence-corrected chi connectivity index (χ0v) is 13.5. The second-order valence-corrected chi connectivity index (χ2v) is 7.39. The number of anilines is 1. The zero-order valence-electron chi connectivity index (χ0n) is 11.8. The number of ether oxygens (including phenoxy) is 1. The van der Waals surface area contributed by atoms with E-state index >= 15 is 0 Å². The molecule has 1 aromatic carbocycles. The number of thioether (sulfide) groups is 1. The number of sulfonamides is 1. The first kappa shape index (κ1) is 17.3. The normalized spacial score (nSPS) is 13.3. The summed E-state index contributed by atoms with van der Waals surface area (Å²) in [4.78, 5) is 0.907. The van der Waals surface area contributed by atoms with E-state index in [9.17, 15) is 8.42 Å². The highest BCUT2D eigenvalue weighted by atomic mass is 32.2. The Kier molecular flexibility index (Phi) is 7.36. The maximum Gasteiger partial charge on any atom is 0.212 e. The Morgan fingerprint density at radius 3 is 2.75 bits per heavy atom. The summed E-state index contributed by atoms with van der Waals surface area (Å²) in [6, 6.07) is 7.21. The highest BCUT2D eigenvalue weighted by Crippen LogP contribution is 2.24. The van der Waals surface area contributed by atoms with Gasteiger partial charge in [0.2, 0.25) is 10.0 Å². The number of hydrogen-bond acceptors (Lipinski definition) is 5. The number of hydrogen-bond donors (Lipinski definition) is 2. The molecular formula is C13H22N2O3S2. The van der Waals surface area contributed by atoms with Crippen molar-refractivity contribution in [1.82, 2.24) is 4.72 Å². The molecule has 3 N–H and O–H groups in total. The van der Waals surface area contributed by atoms with E-state index in [-0.39, 0.29) is 11.8 Å². The lowest BCUT2D eigenvalue weighted by atomic mass is 10.3. The zero-order chi connectivity index (χ0) is 15.0. The van der Waals surface area contributed by atoms with Crippen molar-refractivity contribution in [3.05, 3.63) is 24.3 Å². The average molecular weight is 318 g/mol. The van der Waals surface area contributed by atoms with Crippen LogP contribution < -0.4 is 10.5 Å². The van der Waals surface area contributed by atoms with Gasteiger partial charge in [-0.25, -0.2) is 13.1 Å². The quantitative estimate of drug-likeness (QED) is 0.535. The Labute approximate surface area is 125 Å². The Balaban J connectivity index is 2.38. The van der Waals surface area contributed by atoms with Gasteiger partial charge < -0.3 is 10.5 Å². The van der Waals surface area contributed by atoms with Gasteiger partial charge in [-0.15, -0.1) is 11.8 Å². The van der Waals surface area contributed by atoms with E-state index in [1.807, 2.05) is 25.1 Å². The van der Waals surface area contributed by atoms with Crippen molar-refractivity contribution in [2.45, 2.75) is 24.8 Å². The molecule has 114 valence electrons. The molecule has 7 heteroatoms. The molecule has 0 aliphatic heterocycles. The van der Waals surface area contributed by atoms with Gasteiger partial charge in [0, 0.05) is 29.0 Å². The molecule has 0 aromatic heterocycles. The molecule has 0 fully saturated rings. The minimum absolute atomic E-state index is 0.0580. The Morgan fingerprint density at radius 2 is 2.10 bits per heavy atom. The van der Waals surface area contributed by atoms with E-state index in [0.717, 1.165) is 4.90 Å². The van der Waals surface area contributed by atoms with Gasteiger partial charge in [0.05, 0.1) is 12.4 Å². The third kappa shape index (κ3) is 6.60. The number of benzene rings is 1. The van der Waals surface area contributed by atoms with Crippen LogP contribution in [-0.4, -0.2) is 39.2 Å². The first-order valence-electron chi connectivity index (χ1n) is 6.49. The number of nitrogens with two attached hydrogens (primary N) is 1. The van der Waals surface area contributed by atoms with Crippen LogP contribution in [0.3, 0.4) is 0 Å². The predicted molar refractivity (Wildman–Crippen MR) is 84.5 cm³/mol. The molecule has 0 aliphatic carbocycles. The molecule has 1 aromatic rings. The maximum absolute atomic E-state index is 11.9. The van der Waals surface area contributed by atoms with E-state index < -0.39 is 10.0 Å². The van der Waals surface area contributed by atoms with Crippen LogP contribution in [0, 0.1) is 0 Å². The first-order valence-corrected chi connectivity index (χ1v) is 9.13. The van der Waals surface area contributed by atoms with Gasteiger partial charge in [0.25, 0.3) is 0 Å². The highest BCUT2D eigenvalue weighted by molar-refractivity contribution is 8.00. The van der Waals surface area contributed by atoms with Crippen LogP contribution in [-0.2, 0) is 14.8 Å². The fourth-order valence-electron chi connectivity index (χ4n) is 1.57. The maximum atomic E-state index is 11.9. The summed E-state index contributed by atoms with van der Waals surface area (Å²) >= 11 is 1.44. The predicted octanol–water partition coefficient (Wildman–Crippen LogP) is 1.71. The summed E-state index contributed by atoms with van der Waals surface area (Å²) in [5.41, 5.74) is 6.48. The van der Waals surface area contributed by atoms with E-state index in [2.05, 4.69) is 4.72 Å². The van der Waals surface area contributed by atoms with Crippen LogP contribution in [0.5, 0.6) is 0 Å². The molecule has 1 unspecified atom stereocenters. The minimum Gasteiger partial charge on any atom is -0.398 e. The first-order chi connectivity index (χ1) is 9.44. The molecule has 0 radical (unpaired) electrons. The fourth-order valence-corrected chi connectivity index (χ4v) is 4.21. The van der Waals surface area contributed by atoms with Crippen LogP contribution >= 0.6 is 11.8 Å². The molecule has 0 spiro atoms. The van der Waals surface area contributed by atoms with E-state index in [4.69, 9.17) is 10.5 Å². The average Bonchev–Trinajstić information content (AvgIpc) is 2.38. The second-order valence-electron chi connectivity index (χ2n) is 4.38. The third-order valence-corrected chi connectivity index (χ3v) is 5.33. The smallest absolute Gasteiger partial charge is 0.212 e. The van der Waals surface area contributed by atoms with E-state index in [1.54, 1.807) is 13.0 Å². The van der Waals surface area contributed by atoms with E-state index in [0.29, 0.717) is 24.7 Å². The molecule has 0 bridgehead atoms. The van der Waals surface area contributed by atoms with Gasteiger partial charge in [0.15, 0.2) is 0 Å². The lowest BCUT2D eigenvalue weighted by Crippen LogP contribution is -2.37. The highest BCUT2D eigenvalue weighted by Gasteiger charge is 2.14. The van der Waals surface area contributed by atoms with Gasteiger partial charge in [-0.2, -0.15) is 0 Å². The van der Waals surface area contributed by atoms with Crippen LogP contribution in [0.4, 0.5) is 5.69 Å². The molecule has 0 saturated heterocycles. The Bertz CT molecular complexity index is 506. The van der Waals surface area contributed by atoms with Crippen molar-refractivity contribution in [2.24, 2.45) is 0 Å². The van der Waals surface area contributed by atoms with Crippen molar-refractivity contribution in [2.75, 3.05) is 30.5 Å². The molecule has 0 amide bonds. The summed E-state index contributed by atoms with van der Waals surface area (Å²) < 4.78 is 31.5. The molecule has 1 atom stereocenters. The standard InChI is InChI=1S/C13H22N2O3S2/c1-3-18-10-11(2)15-20(16,17)9-8-19-13-7-5-4-6-12(13)14/h4-7,11,15H,3,8-10,14H2,1-2H3. The SMILES string of the molecule is CCOCC(C)NS(=O)(=O)CCSc1ccccc1N. The molecule has 5 nitrogen and oxygen atoms in total. The Morgan fingerprint density at radius 1 is 1.40 bits per heavy atom. The number of rotatable bonds is 9. The molecule has 0 saturated carbocycles. The summed E-state index contributed by atoms with van der Waals surface area (Å²) in [6.07, 6.45) is 0. The number of nitrogen functional groups attached to an aromatic ring is 1. The number of nitrogens with one attached hydrogen (secondary N) is 1. The number of para-hydroxylation sites is 1. The summed E-state index contributed by atoms with van der Waals surface area (Å²) in [5.74, 6) is 0.521. The summed E-state index contributed by atoms with van der Waals surface area (Å²) in [6.45, 7) is 4.63. The van der Waals surface area contributed by atoms with E-state index in [1.165, 1.54) is 11.8 Å². The van der Waals surface area contributed by atoms with Crippen molar-refractivity contribution in [3.63, 3.8) is 0 Å². The van der Waals surface area contributed by atoms with Crippen molar-refractivity contribution >= 4 is 27.5 Å². The van der Waals surface area contributed by atoms with Gasteiger partial charge in [-0.3, -0.25) is 0 Å². The third-order valence-electron chi connectivity index (χ3n) is 2.48. The fraction of sp³-hybridized carbons (Fsp3) is 0.538. The van der Waals surface area contributed by atoms with Crippen molar-refractivity contribution in [3.8, 4) is 0 Å². The van der Waals surface area contributed by atoms with Gasteiger partial charge in [-0.05, 0) is 26.0 Å². The molecule has 0 aliphatic rings. The Hall–Kier alpha value is -0.760. The largest absolute Gasteiger partial charge is 0.398 e. The molecule has 20 heavy (non-hydrogen) atoms. The van der Waals surface area contributed by atoms with Gasteiger partial charge in [0.1, 0.15) is 0 Å². The summed E-state index contributed by atoms with van der Waals surface area (Å²) in [7, 11) is -3.29. The monoisotopic (exact) mass is 318 g/mol. The van der Waals surface area contributed by atoms with Crippen LogP contribution in [0.15, 0.2) is 29.2 Å². The van der Waals surface area contributed by atoms with Crippen molar-refractivity contribution in [1.29, 1.82) is 0 Å². The second kappa shape index (κ2) is 8.51. The van der Waals surface area contributed by atoms with Gasteiger partial charge in [-0.1, -0.05) is 12.1 Å². The van der Waals surface area contributed by atoms with Gasteiger partial charge >= 0.3 is 0 Å². The molecule has 1 rings (SSSR count). The lowest BCUT2D eigenvalue weighted by molar-refractivity contribution is 0.133. The minimum atomic E-state index is -3.29. The molecule has 0 heterocycles. The lowest BCUT2D eigenvalue weighted by Gasteiger charge is -2.14. The molecular weight excluding hydrogens is 296 g/mol.